The summed E-state index contributed by atoms with van der Waals surface area (Å²) in [5, 5.41) is 2.35. The molecule has 0 aliphatic carbocycles. The fourth-order valence-electron chi connectivity index (χ4n) is 5.19. The molecule has 3 aromatic carbocycles. The minimum absolute atomic E-state index is 0.180. The first-order chi connectivity index (χ1) is 17.5. The van der Waals surface area contributed by atoms with Crippen molar-refractivity contribution in [1.82, 2.24) is 19.8 Å². The van der Waals surface area contributed by atoms with Crippen LogP contribution in [-0.2, 0) is 23.2 Å². The Morgan fingerprint density at radius 2 is 1.56 bits per heavy atom. The summed E-state index contributed by atoms with van der Waals surface area (Å²) in [5.41, 5.74) is 6.33. The van der Waals surface area contributed by atoms with Crippen LogP contribution in [0.1, 0.15) is 28.8 Å². The number of hydrogen-bond acceptors (Lipinski definition) is 4. The molecular weight excluding hydrogens is 452 g/mol. The van der Waals surface area contributed by atoms with Gasteiger partial charge in [-0.15, -0.1) is 0 Å². The molecule has 7 heteroatoms. The van der Waals surface area contributed by atoms with Crippen LogP contribution in [0.3, 0.4) is 0 Å². The maximum absolute atomic E-state index is 13.1. The van der Waals surface area contributed by atoms with Gasteiger partial charge in [0.2, 0.25) is 11.8 Å². The van der Waals surface area contributed by atoms with Gasteiger partial charge in [-0.1, -0.05) is 66.7 Å². The number of imidazole rings is 1. The molecule has 36 heavy (non-hydrogen) atoms. The lowest BCUT2D eigenvalue weighted by Crippen LogP contribution is -2.52. The normalized spacial score (nSPS) is 17.3. The summed E-state index contributed by atoms with van der Waals surface area (Å²) in [6.07, 6.45) is 0.580. The average molecular weight is 477 g/mol. The Bertz CT molecular complexity index is 1510. The minimum Gasteiger partial charge on any atom is -0.327 e. The second kappa shape index (κ2) is 8.61. The number of amides is 3. The van der Waals surface area contributed by atoms with Crippen LogP contribution in [0.5, 0.6) is 0 Å². The third kappa shape index (κ3) is 3.60. The van der Waals surface area contributed by atoms with Gasteiger partial charge in [-0.05, 0) is 24.1 Å². The summed E-state index contributed by atoms with van der Waals surface area (Å²) in [5.74, 6) is -0.0825. The SMILES string of the molecule is Cn1c(-c2ccc3c(c2)CN(C2CCC(=O)NC2=O)C3=O)nc(-c2ccccc2)c1-c1ccccc1. The fraction of sp³-hybridized carbons (Fsp3) is 0.172. The van der Waals surface area contributed by atoms with Gasteiger partial charge in [-0.2, -0.15) is 0 Å². The molecule has 0 radical (unpaired) electrons. The highest BCUT2D eigenvalue weighted by atomic mass is 16.2. The molecule has 1 saturated heterocycles. The summed E-state index contributed by atoms with van der Waals surface area (Å²) in [6, 6.07) is 25.4. The number of carbonyl (C=O) groups is 3. The molecule has 178 valence electrons. The van der Waals surface area contributed by atoms with Crippen molar-refractivity contribution >= 4 is 17.7 Å². The Hall–Kier alpha value is -4.52. The number of carbonyl (C=O) groups excluding carboxylic acids is 3. The van der Waals surface area contributed by atoms with Crippen LogP contribution < -0.4 is 5.32 Å². The summed E-state index contributed by atoms with van der Waals surface area (Å²) in [7, 11) is 2.01. The van der Waals surface area contributed by atoms with Gasteiger partial charge in [0.05, 0.1) is 11.4 Å². The van der Waals surface area contributed by atoms with E-state index in [0.717, 1.165) is 39.5 Å². The third-order valence-corrected chi connectivity index (χ3v) is 6.97. The van der Waals surface area contributed by atoms with E-state index in [0.29, 0.717) is 18.5 Å². The van der Waals surface area contributed by atoms with Gasteiger partial charge in [0.15, 0.2) is 0 Å². The molecule has 7 nitrogen and oxygen atoms in total. The van der Waals surface area contributed by atoms with Crippen molar-refractivity contribution in [3.8, 4) is 33.9 Å². The molecule has 1 atom stereocenters. The molecule has 1 aromatic heterocycles. The average Bonchev–Trinajstić information content (AvgIpc) is 3.41. The zero-order valence-corrected chi connectivity index (χ0v) is 19.8. The highest BCUT2D eigenvalue weighted by Gasteiger charge is 2.39. The molecule has 6 rings (SSSR count). The smallest absolute Gasteiger partial charge is 0.255 e. The highest BCUT2D eigenvalue weighted by Crippen LogP contribution is 2.37. The first-order valence-electron chi connectivity index (χ1n) is 12.0. The molecule has 0 spiro atoms. The molecule has 2 aliphatic rings. The van der Waals surface area contributed by atoms with Crippen LogP contribution in [0, 0.1) is 0 Å². The summed E-state index contributed by atoms with van der Waals surface area (Å²) < 4.78 is 2.09. The fourth-order valence-corrected chi connectivity index (χ4v) is 5.19. The highest BCUT2D eigenvalue weighted by molar-refractivity contribution is 6.05. The van der Waals surface area contributed by atoms with Crippen molar-refractivity contribution in [2.45, 2.75) is 25.4 Å². The van der Waals surface area contributed by atoms with E-state index in [1.165, 1.54) is 0 Å². The second-order valence-corrected chi connectivity index (χ2v) is 9.20. The molecule has 4 aromatic rings. The molecule has 3 heterocycles. The Morgan fingerprint density at radius 3 is 2.25 bits per heavy atom. The first kappa shape index (κ1) is 22.0. The van der Waals surface area contributed by atoms with Crippen molar-refractivity contribution in [3.63, 3.8) is 0 Å². The van der Waals surface area contributed by atoms with Crippen LogP contribution >= 0.6 is 0 Å². The number of nitrogens with zero attached hydrogens (tertiary/aromatic N) is 3. The van der Waals surface area contributed by atoms with Crippen molar-refractivity contribution in [2.75, 3.05) is 0 Å². The van der Waals surface area contributed by atoms with Gasteiger partial charge in [0.1, 0.15) is 11.9 Å². The molecule has 2 aliphatic heterocycles. The van der Waals surface area contributed by atoms with Gasteiger partial charge in [-0.3, -0.25) is 19.7 Å². The van der Waals surface area contributed by atoms with Crippen molar-refractivity contribution in [2.24, 2.45) is 7.05 Å². The molecular formula is C29H24N4O3. The van der Waals surface area contributed by atoms with E-state index in [2.05, 4.69) is 34.1 Å². The van der Waals surface area contributed by atoms with E-state index in [1.807, 2.05) is 61.6 Å². The zero-order valence-electron chi connectivity index (χ0n) is 19.8. The number of hydrogen-bond donors (Lipinski definition) is 1. The number of imide groups is 1. The van der Waals surface area contributed by atoms with Crippen LogP contribution in [0.15, 0.2) is 78.9 Å². The first-order valence-corrected chi connectivity index (χ1v) is 12.0. The van der Waals surface area contributed by atoms with E-state index < -0.39 is 11.9 Å². The molecule has 1 fully saturated rings. The Morgan fingerprint density at radius 1 is 0.861 bits per heavy atom. The Kier molecular flexibility index (Phi) is 5.25. The topological polar surface area (TPSA) is 84.3 Å². The number of piperidine rings is 1. The van der Waals surface area contributed by atoms with Crippen LogP contribution in [-0.4, -0.2) is 38.2 Å². The number of nitrogens with one attached hydrogen (secondary N) is 1. The lowest BCUT2D eigenvalue weighted by molar-refractivity contribution is -0.136. The lowest BCUT2D eigenvalue weighted by Gasteiger charge is -2.29. The van der Waals surface area contributed by atoms with E-state index >= 15 is 0 Å². The largest absolute Gasteiger partial charge is 0.327 e. The standard InChI is InChI=1S/C29H24N4O3/c1-32-26(19-10-6-3-7-11-19)25(18-8-4-2-5-9-18)31-27(32)20-12-13-22-21(16-20)17-33(29(22)36)23-14-15-24(34)30-28(23)35/h2-13,16,23H,14-15,17H2,1H3,(H,30,34,35). The maximum atomic E-state index is 13.1. The second-order valence-electron chi connectivity index (χ2n) is 9.20. The van der Waals surface area contributed by atoms with Crippen LogP contribution in [0.25, 0.3) is 33.9 Å². The summed E-state index contributed by atoms with van der Waals surface area (Å²) in [4.78, 5) is 43.7. The van der Waals surface area contributed by atoms with Gasteiger partial charge in [0, 0.05) is 42.3 Å². The molecule has 0 bridgehead atoms. The molecule has 0 saturated carbocycles. The van der Waals surface area contributed by atoms with Crippen LogP contribution in [0.2, 0.25) is 0 Å². The monoisotopic (exact) mass is 476 g/mol. The predicted molar refractivity (Wildman–Crippen MR) is 136 cm³/mol. The number of fused-ring (bicyclic) bond motifs is 1. The molecule has 3 amide bonds. The number of benzene rings is 3. The summed E-state index contributed by atoms with van der Waals surface area (Å²) in [6.45, 7) is 0.329. The third-order valence-electron chi connectivity index (χ3n) is 6.97. The van der Waals surface area contributed by atoms with Crippen molar-refractivity contribution in [1.29, 1.82) is 0 Å². The van der Waals surface area contributed by atoms with Gasteiger partial charge < -0.3 is 9.47 Å². The summed E-state index contributed by atoms with van der Waals surface area (Å²) >= 11 is 0. The quantitative estimate of drug-likeness (QED) is 0.448. The van der Waals surface area contributed by atoms with Crippen molar-refractivity contribution < 1.29 is 14.4 Å². The minimum atomic E-state index is -0.631. The number of aromatic nitrogens is 2. The molecule has 1 N–H and O–H groups in total. The Balaban J connectivity index is 1.40. The zero-order chi connectivity index (χ0) is 24.8. The van der Waals surface area contributed by atoms with Gasteiger partial charge in [0.25, 0.3) is 5.91 Å². The molecule has 1 unspecified atom stereocenters. The van der Waals surface area contributed by atoms with E-state index in [-0.39, 0.29) is 18.2 Å². The van der Waals surface area contributed by atoms with E-state index in [4.69, 9.17) is 4.98 Å². The maximum Gasteiger partial charge on any atom is 0.255 e. The van der Waals surface area contributed by atoms with Gasteiger partial charge in [-0.25, -0.2) is 4.98 Å². The van der Waals surface area contributed by atoms with Gasteiger partial charge >= 0.3 is 0 Å². The lowest BCUT2D eigenvalue weighted by atomic mass is 10.0. The van der Waals surface area contributed by atoms with Crippen molar-refractivity contribution in [3.05, 3.63) is 90.0 Å². The predicted octanol–water partition coefficient (Wildman–Crippen LogP) is 4.18. The Labute approximate surface area is 208 Å². The number of rotatable bonds is 4. The van der Waals surface area contributed by atoms with E-state index in [1.54, 1.807) is 4.90 Å². The van der Waals surface area contributed by atoms with Crippen LogP contribution in [0.4, 0.5) is 0 Å². The van der Waals surface area contributed by atoms with E-state index in [9.17, 15) is 14.4 Å².